The molecule has 1 aromatic heterocycles. The van der Waals surface area contributed by atoms with Crippen molar-refractivity contribution < 1.29 is 14.3 Å². The van der Waals surface area contributed by atoms with Crippen LogP contribution < -0.4 is 10.1 Å². The number of carbonyl (C=O) groups is 2. The number of aromatic nitrogens is 1. The summed E-state index contributed by atoms with van der Waals surface area (Å²) in [6.45, 7) is 5.49. The van der Waals surface area contributed by atoms with Gasteiger partial charge in [-0.05, 0) is 36.8 Å². The number of aryl methyl sites for hydroxylation is 1. The Hall–Kier alpha value is -2.94. The van der Waals surface area contributed by atoms with Crippen molar-refractivity contribution in [2.45, 2.75) is 20.1 Å². The standard InChI is InChI=1S/C25H27ClN4O3S/c1-18-24(34-23(28-18)17-33-21-9-7-20(26)8-10-21)25(32)30-13-11-29(12-14-30)16-22(31)27-15-19-5-3-2-4-6-19/h2-10H,11-17H2,1H3,(H,27,31). The minimum Gasteiger partial charge on any atom is -0.486 e. The largest absolute Gasteiger partial charge is 0.486 e. The number of piperazine rings is 1. The fourth-order valence-corrected chi connectivity index (χ4v) is 4.77. The molecule has 3 aromatic rings. The number of nitrogens with zero attached hydrogens (tertiary/aromatic N) is 3. The predicted molar refractivity (Wildman–Crippen MR) is 133 cm³/mol. The monoisotopic (exact) mass is 498 g/mol. The number of hydrogen-bond acceptors (Lipinski definition) is 6. The Balaban J connectivity index is 1.23. The SMILES string of the molecule is Cc1nc(COc2ccc(Cl)cc2)sc1C(=O)N1CCN(CC(=O)NCc2ccccc2)CC1. The van der Waals surface area contributed by atoms with Gasteiger partial charge in [-0.25, -0.2) is 4.98 Å². The summed E-state index contributed by atoms with van der Waals surface area (Å²) in [5.41, 5.74) is 1.79. The highest BCUT2D eigenvalue weighted by molar-refractivity contribution is 7.13. The molecule has 0 aliphatic carbocycles. The maximum atomic E-state index is 13.1. The van der Waals surface area contributed by atoms with Gasteiger partial charge in [-0.3, -0.25) is 14.5 Å². The van der Waals surface area contributed by atoms with Crippen LogP contribution in [-0.4, -0.2) is 59.3 Å². The molecule has 178 valence electrons. The summed E-state index contributed by atoms with van der Waals surface area (Å²) in [5, 5.41) is 4.36. The van der Waals surface area contributed by atoms with Crippen LogP contribution in [0.1, 0.15) is 25.9 Å². The van der Waals surface area contributed by atoms with Crippen molar-refractivity contribution in [2.75, 3.05) is 32.7 Å². The molecule has 1 aliphatic rings. The Kier molecular flexibility index (Phi) is 8.16. The Morgan fingerprint density at radius 2 is 1.76 bits per heavy atom. The molecule has 4 rings (SSSR count). The Morgan fingerprint density at radius 3 is 2.47 bits per heavy atom. The van der Waals surface area contributed by atoms with Gasteiger partial charge in [0.2, 0.25) is 5.91 Å². The molecule has 1 fully saturated rings. The number of rotatable bonds is 8. The van der Waals surface area contributed by atoms with Crippen molar-refractivity contribution in [2.24, 2.45) is 0 Å². The number of benzene rings is 2. The zero-order valence-corrected chi connectivity index (χ0v) is 20.6. The third-order valence-electron chi connectivity index (χ3n) is 5.57. The average molecular weight is 499 g/mol. The van der Waals surface area contributed by atoms with E-state index >= 15 is 0 Å². The van der Waals surface area contributed by atoms with E-state index in [1.54, 1.807) is 24.3 Å². The van der Waals surface area contributed by atoms with E-state index in [0.29, 0.717) is 67.2 Å². The Morgan fingerprint density at radius 1 is 1.06 bits per heavy atom. The maximum Gasteiger partial charge on any atom is 0.265 e. The van der Waals surface area contributed by atoms with Crippen molar-refractivity contribution in [3.8, 4) is 5.75 Å². The lowest BCUT2D eigenvalue weighted by atomic mass is 10.2. The molecular weight excluding hydrogens is 472 g/mol. The van der Waals surface area contributed by atoms with Crippen molar-refractivity contribution >= 4 is 34.8 Å². The molecule has 2 heterocycles. The summed E-state index contributed by atoms with van der Waals surface area (Å²) in [4.78, 5) is 34.4. The molecular formula is C25H27ClN4O3S. The lowest BCUT2D eigenvalue weighted by Gasteiger charge is -2.34. The van der Waals surface area contributed by atoms with Gasteiger partial charge in [-0.2, -0.15) is 0 Å². The number of halogens is 1. The van der Waals surface area contributed by atoms with Crippen LogP contribution in [0.25, 0.3) is 0 Å². The fourth-order valence-electron chi connectivity index (χ4n) is 3.70. The predicted octanol–water partition coefficient (Wildman–Crippen LogP) is 3.76. The third-order valence-corrected chi connectivity index (χ3v) is 6.94. The van der Waals surface area contributed by atoms with E-state index < -0.39 is 0 Å². The van der Waals surface area contributed by atoms with Gasteiger partial charge < -0.3 is 15.0 Å². The van der Waals surface area contributed by atoms with E-state index in [2.05, 4.69) is 15.2 Å². The molecule has 0 unspecified atom stereocenters. The molecule has 34 heavy (non-hydrogen) atoms. The van der Waals surface area contributed by atoms with Crippen LogP contribution >= 0.6 is 22.9 Å². The van der Waals surface area contributed by atoms with E-state index in [0.717, 1.165) is 10.6 Å². The second kappa shape index (κ2) is 11.5. The lowest BCUT2D eigenvalue weighted by molar-refractivity contribution is -0.122. The maximum absolute atomic E-state index is 13.1. The van der Waals surface area contributed by atoms with Gasteiger partial charge >= 0.3 is 0 Å². The molecule has 2 aromatic carbocycles. The number of ether oxygens (including phenoxy) is 1. The quantitative estimate of drug-likeness (QED) is 0.512. The molecule has 0 saturated carbocycles. The number of thiazole rings is 1. The zero-order chi connectivity index (χ0) is 23.9. The average Bonchev–Trinajstić information content (AvgIpc) is 3.23. The van der Waals surface area contributed by atoms with Gasteiger partial charge in [-0.1, -0.05) is 41.9 Å². The van der Waals surface area contributed by atoms with Gasteiger partial charge in [0.05, 0.1) is 12.2 Å². The van der Waals surface area contributed by atoms with Crippen molar-refractivity contribution in [1.29, 1.82) is 0 Å². The lowest BCUT2D eigenvalue weighted by Crippen LogP contribution is -2.51. The summed E-state index contributed by atoms with van der Waals surface area (Å²) in [6.07, 6.45) is 0. The summed E-state index contributed by atoms with van der Waals surface area (Å²) in [7, 11) is 0. The normalized spacial score (nSPS) is 14.1. The number of nitrogens with one attached hydrogen (secondary N) is 1. The van der Waals surface area contributed by atoms with E-state index in [9.17, 15) is 9.59 Å². The van der Waals surface area contributed by atoms with Crippen molar-refractivity contribution in [3.63, 3.8) is 0 Å². The summed E-state index contributed by atoms with van der Waals surface area (Å²) >= 11 is 7.27. The Bertz CT molecular complexity index is 1110. The van der Waals surface area contributed by atoms with Crippen LogP contribution in [0.15, 0.2) is 54.6 Å². The van der Waals surface area contributed by atoms with Gasteiger partial charge in [0.15, 0.2) is 0 Å². The second-order valence-electron chi connectivity index (χ2n) is 8.10. The summed E-state index contributed by atoms with van der Waals surface area (Å²) in [5.74, 6) is 0.683. The number of hydrogen-bond donors (Lipinski definition) is 1. The van der Waals surface area contributed by atoms with E-state index in [4.69, 9.17) is 16.3 Å². The molecule has 1 saturated heterocycles. The van der Waals surface area contributed by atoms with Gasteiger partial charge in [0.25, 0.3) is 5.91 Å². The highest BCUT2D eigenvalue weighted by Crippen LogP contribution is 2.23. The van der Waals surface area contributed by atoms with E-state index in [-0.39, 0.29) is 11.8 Å². The molecule has 2 amide bonds. The highest BCUT2D eigenvalue weighted by atomic mass is 35.5. The topological polar surface area (TPSA) is 74.8 Å². The minimum atomic E-state index is -0.0130. The van der Waals surface area contributed by atoms with Crippen LogP contribution in [-0.2, 0) is 17.9 Å². The number of carbonyl (C=O) groups excluding carboxylic acids is 2. The first-order chi connectivity index (χ1) is 16.5. The molecule has 0 atom stereocenters. The van der Waals surface area contributed by atoms with Gasteiger partial charge in [-0.15, -0.1) is 11.3 Å². The molecule has 1 aliphatic heterocycles. The van der Waals surface area contributed by atoms with Crippen LogP contribution in [0, 0.1) is 6.92 Å². The first kappa shape index (κ1) is 24.2. The molecule has 9 heteroatoms. The first-order valence-corrected chi connectivity index (χ1v) is 12.3. The van der Waals surface area contributed by atoms with Crippen LogP contribution in [0.5, 0.6) is 5.75 Å². The number of amides is 2. The summed E-state index contributed by atoms with van der Waals surface area (Å²) in [6, 6.07) is 17.0. The third kappa shape index (κ3) is 6.56. The van der Waals surface area contributed by atoms with E-state index in [1.165, 1.54) is 11.3 Å². The molecule has 1 N–H and O–H groups in total. The molecule has 0 spiro atoms. The fraction of sp³-hybridized carbons (Fsp3) is 0.320. The Labute approximate surface area is 208 Å². The minimum absolute atomic E-state index is 0.00717. The smallest absolute Gasteiger partial charge is 0.265 e. The molecule has 0 radical (unpaired) electrons. The van der Waals surface area contributed by atoms with Crippen molar-refractivity contribution in [1.82, 2.24) is 20.1 Å². The van der Waals surface area contributed by atoms with Crippen LogP contribution in [0.4, 0.5) is 0 Å². The second-order valence-corrected chi connectivity index (χ2v) is 9.62. The molecule has 7 nitrogen and oxygen atoms in total. The van der Waals surface area contributed by atoms with Gasteiger partial charge in [0.1, 0.15) is 22.2 Å². The van der Waals surface area contributed by atoms with E-state index in [1.807, 2.05) is 42.2 Å². The van der Waals surface area contributed by atoms with Crippen LogP contribution in [0.3, 0.4) is 0 Å². The zero-order valence-electron chi connectivity index (χ0n) is 19.0. The first-order valence-electron chi connectivity index (χ1n) is 11.1. The van der Waals surface area contributed by atoms with Crippen LogP contribution in [0.2, 0.25) is 5.02 Å². The van der Waals surface area contributed by atoms with Gasteiger partial charge in [0, 0.05) is 37.7 Å². The van der Waals surface area contributed by atoms with Crippen molar-refractivity contribution in [3.05, 3.63) is 80.8 Å². The molecule has 0 bridgehead atoms. The summed E-state index contributed by atoms with van der Waals surface area (Å²) < 4.78 is 5.76. The highest BCUT2D eigenvalue weighted by Gasteiger charge is 2.26.